The quantitative estimate of drug-likeness (QED) is 0.362. The van der Waals surface area contributed by atoms with Gasteiger partial charge >= 0.3 is 0 Å². The molecule has 1 atom stereocenters. The predicted molar refractivity (Wildman–Crippen MR) is 140 cm³/mol. The average molecular weight is 456 g/mol. The molecule has 2 N–H and O–H groups in total. The fourth-order valence-electron chi connectivity index (χ4n) is 3.95. The Hall–Kier alpha value is -3.44. The summed E-state index contributed by atoms with van der Waals surface area (Å²) < 4.78 is 0. The van der Waals surface area contributed by atoms with Crippen molar-refractivity contribution in [3.8, 4) is 0 Å². The van der Waals surface area contributed by atoms with Crippen LogP contribution in [-0.2, 0) is 13.1 Å². The van der Waals surface area contributed by atoms with Crippen LogP contribution in [0.1, 0.15) is 40.8 Å². The number of aromatic nitrogens is 1. The van der Waals surface area contributed by atoms with Crippen molar-refractivity contribution in [2.45, 2.75) is 39.9 Å². The Morgan fingerprint density at radius 2 is 1.58 bits per heavy atom. The lowest BCUT2D eigenvalue weighted by Crippen LogP contribution is -2.41. The van der Waals surface area contributed by atoms with Crippen LogP contribution in [0.15, 0.2) is 83.7 Å². The van der Waals surface area contributed by atoms with E-state index in [4.69, 9.17) is 12.2 Å². The van der Waals surface area contributed by atoms with Crippen molar-refractivity contribution in [1.29, 1.82) is 0 Å². The zero-order valence-corrected chi connectivity index (χ0v) is 20.1. The van der Waals surface area contributed by atoms with Crippen LogP contribution in [0.2, 0.25) is 0 Å². The van der Waals surface area contributed by atoms with Gasteiger partial charge in [-0.2, -0.15) is 0 Å². The third kappa shape index (κ3) is 5.49. The number of aryl methyl sites for hydroxylation is 2. The van der Waals surface area contributed by atoms with E-state index in [9.17, 15) is 4.79 Å². The van der Waals surface area contributed by atoms with Crippen molar-refractivity contribution in [2.75, 3.05) is 0 Å². The Labute approximate surface area is 200 Å². The van der Waals surface area contributed by atoms with Gasteiger partial charge in [-0.15, -0.1) is 0 Å². The molecule has 5 heteroatoms. The van der Waals surface area contributed by atoms with E-state index in [0.29, 0.717) is 23.8 Å². The first-order valence-electron chi connectivity index (χ1n) is 11.2. The predicted octanol–water partition coefficient (Wildman–Crippen LogP) is 5.78. The number of hydrogen-bond acceptors (Lipinski definition) is 2. The molecule has 0 aliphatic carbocycles. The molecule has 0 saturated heterocycles. The highest BCUT2D eigenvalue weighted by atomic mass is 32.1. The van der Waals surface area contributed by atoms with Crippen LogP contribution in [0.5, 0.6) is 0 Å². The molecule has 4 rings (SSSR count). The summed E-state index contributed by atoms with van der Waals surface area (Å²) in [5, 5.41) is 5.11. The second-order valence-electron chi connectivity index (χ2n) is 8.57. The molecule has 4 nitrogen and oxygen atoms in total. The molecular weight excluding hydrogens is 426 g/mol. The summed E-state index contributed by atoms with van der Waals surface area (Å²) in [5.41, 5.74) is 6.14. The summed E-state index contributed by atoms with van der Waals surface area (Å²) in [6.45, 7) is 7.27. The lowest BCUT2D eigenvalue weighted by Gasteiger charge is -2.28. The number of aromatic amines is 1. The number of nitrogens with zero attached hydrogens (tertiary/aromatic N) is 1. The Bertz CT molecular complexity index is 1320. The maximum atomic E-state index is 12.9. The van der Waals surface area contributed by atoms with Gasteiger partial charge in [0.25, 0.3) is 5.56 Å². The average Bonchev–Trinajstić information content (AvgIpc) is 2.81. The molecule has 1 aromatic heterocycles. The topological polar surface area (TPSA) is 48.1 Å². The van der Waals surface area contributed by atoms with E-state index in [0.717, 1.165) is 27.6 Å². The van der Waals surface area contributed by atoms with E-state index >= 15 is 0 Å². The summed E-state index contributed by atoms with van der Waals surface area (Å²) in [6, 6.07) is 26.6. The van der Waals surface area contributed by atoms with Gasteiger partial charge < -0.3 is 15.2 Å². The highest BCUT2D eigenvalue weighted by Crippen LogP contribution is 2.19. The lowest BCUT2D eigenvalue weighted by atomic mass is 10.0. The van der Waals surface area contributed by atoms with E-state index < -0.39 is 0 Å². The fourth-order valence-corrected chi connectivity index (χ4v) is 4.26. The van der Waals surface area contributed by atoms with Crippen molar-refractivity contribution in [2.24, 2.45) is 0 Å². The summed E-state index contributed by atoms with van der Waals surface area (Å²) >= 11 is 5.83. The van der Waals surface area contributed by atoms with Crippen molar-refractivity contribution in [1.82, 2.24) is 15.2 Å². The minimum Gasteiger partial charge on any atom is -0.356 e. The Morgan fingerprint density at radius 1 is 0.939 bits per heavy atom. The second-order valence-corrected chi connectivity index (χ2v) is 8.96. The first-order valence-corrected chi connectivity index (χ1v) is 11.6. The molecule has 1 unspecified atom stereocenters. The van der Waals surface area contributed by atoms with Gasteiger partial charge in [0.05, 0.1) is 12.6 Å². The highest BCUT2D eigenvalue weighted by molar-refractivity contribution is 7.80. The second kappa shape index (κ2) is 10.0. The Balaban J connectivity index is 1.63. The van der Waals surface area contributed by atoms with Crippen LogP contribution in [0.25, 0.3) is 10.9 Å². The van der Waals surface area contributed by atoms with Crippen LogP contribution < -0.4 is 10.9 Å². The molecule has 0 aliphatic heterocycles. The maximum absolute atomic E-state index is 12.9. The highest BCUT2D eigenvalue weighted by Gasteiger charge is 2.16. The molecule has 1 heterocycles. The first kappa shape index (κ1) is 22.7. The molecule has 168 valence electrons. The van der Waals surface area contributed by atoms with Crippen molar-refractivity contribution >= 4 is 28.2 Å². The summed E-state index contributed by atoms with van der Waals surface area (Å²) in [4.78, 5) is 18.1. The number of thiocarbonyl (C=S) groups is 1. The van der Waals surface area contributed by atoms with Crippen LogP contribution >= 0.6 is 12.2 Å². The third-order valence-corrected chi connectivity index (χ3v) is 6.42. The molecule has 0 aliphatic rings. The Morgan fingerprint density at radius 3 is 2.27 bits per heavy atom. The standard InChI is InChI=1S/C28H29N3OS/c1-19-14-24-16-25(27(32)30-26(24)15-20(19)2)18-31(17-22-10-6-4-7-11-22)28(33)29-21(3)23-12-8-5-9-13-23/h4-16,21H,17-18H2,1-3H3,(H,29,33)(H,30,32). The molecule has 33 heavy (non-hydrogen) atoms. The summed E-state index contributed by atoms with van der Waals surface area (Å²) in [7, 11) is 0. The van der Waals surface area contributed by atoms with E-state index in [1.165, 1.54) is 5.56 Å². The first-order chi connectivity index (χ1) is 15.9. The molecule has 3 aromatic carbocycles. The van der Waals surface area contributed by atoms with Gasteiger partial charge in [0, 0.05) is 17.6 Å². The Kier molecular flexibility index (Phi) is 6.90. The van der Waals surface area contributed by atoms with Crippen molar-refractivity contribution < 1.29 is 0 Å². The number of fused-ring (bicyclic) bond motifs is 1. The van der Waals surface area contributed by atoms with Gasteiger partial charge in [-0.3, -0.25) is 4.79 Å². The molecule has 4 aromatic rings. The normalized spacial score (nSPS) is 11.8. The number of hydrogen-bond donors (Lipinski definition) is 2. The van der Waals surface area contributed by atoms with Crippen LogP contribution in [0.4, 0.5) is 0 Å². The lowest BCUT2D eigenvalue weighted by molar-refractivity contribution is 0.392. The number of H-pyrrole nitrogens is 1. The third-order valence-electron chi connectivity index (χ3n) is 6.04. The summed E-state index contributed by atoms with van der Waals surface area (Å²) in [5.74, 6) is 0. The summed E-state index contributed by atoms with van der Waals surface area (Å²) in [6.07, 6.45) is 0. The van der Waals surface area contributed by atoms with Crippen LogP contribution in [0, 0.1) is 13.8 Å². The largest absolute Gasteiger partial charge is 0.356 e. The minimum absolute atomic E-state index is 0.0532. The van der Waals surface area contributed by atoms with Crippen molar-refractivity contribution in [3.63, 3.8) is 0 Å². The smallest absolute Gasteiger partial charge is 0.253 e. The zero-order chi connectivity index (χ0) is 23.4. The van der Waals surface area contributed by atoms with Gasteiger partial charge in [0.1, 0.15) is 0 Å². The number of benzene rings is 3. The number of rotatable bonds is 6. The van der Waals surface area contributed by atoms with Crippen molar-refractivity contribution in [3.05, 3.63) is 117 Å². The maximum Gasteiger partial charge on any atom is 0.253 e. The molecule has 0 amide bonds. The fraction of sp³-hybridized carbons (Fsp3) is 0.214. The molecule has 0 bridgehead atoms. The number of pyridine rings is 1. The van der Waals surface area contributed by atoms with Crippen LogP contribution in [-0.4, -0.2) is 15.0 Å². The molecule has 0 radical (unpaired) electrons. The van der Waals surface area contributed by atoms with Gasteiger partial charge in [-0.1, -0.05) is 60.7 Å². The number of nitrogens with one attached hydrogen (secondary N) is 2. The SMILES string of the molecule is Cc1cc2cc(CN(Cc3ccccc3)C(=S)NC(C)c3ccccc3)c(=O)[nH]c2cc1C. The van der Waals surface area contributed by atoms with Gasteiger partial charge in [0.2, 0.25) is 0 Å². The van der Waals surface area contributed by atoms with E-state index in [1.807, 2.05) is 48.5 Å². The van der Waals surface area contributed by atoms with E-state index in [1.54, 1.807) is 0 Å². The molecule has 0 fully saturated rings. The van der Waals surface area contributed by atoms with Gasteiger partial charge in [-0.05, 0) is 78.8 Å². The molecule has 0 saturated carbocycles. The van der Waals surface area contributed by atoms with Gasteiger partial charge in [0.15, 0.2) is 5.11 Å². The van der Waals surface area contributed by atoms with E-state index in [-0.39, 0.29) is 11.6 Å². The minimum atomic E-state index is -0.0808. The molecule has 0 spiro atoms. The zero-order valence-electron chi connectivity index (χ0n) is 19.3. The van der Waals surface area contributed by atoms with E-state index in [2.05, 4.69) is 66.3 Å². The monoisotopic (exact) mass is 455 g/mol. The molecular formula is C28H29N3OS. The van der Waals surface area contributed by atoms with Gasteiger partial charge in [-0.25, -0.2) is 0 Å². The van der Waals surface area contributed by atoms with Crippen LogP contribution in [0.3, 0.4) is 0 Å².